The van der Waals surface area contributed by atoms with E-state index in [1.165, 1.54) is 0 Å². The molecule has 2 aromatic rings. The van der Waals surface area contributed by atoms with Gasteiger partial charge in [0.2, 0.25) is 0 Å². The summed E-state index contributed by atoms with van der Waals surface area (Å²) < 4.78 is 1.90. The molecular formula is C12H13ClN2O. The van der Waals surface area contributed by atoms with Crippen LogP contribution in [0.25, 0.3) is 10.9 Å². The summed E-state index contributed by atoms with van der Waals surface area (Å²) in [6.45, 7) is 1.69. The number of aromatic nitrogens is 1. The van der Waals surface area contributed by atoms with Crippen molar-refractivity contribution >= 4 is 28.3 Å². The Bertz CT molecular complexity index is 557. The minimum Gasteiger partial charge on any atom is -0.349 e. The monoisotopic (exact) mass is 236 g/mol. The second-order valence-corrected chi connectivity index (χ2v) is 4.38. The van der Waals surface area contributed by atoms with Gasteiger partial charge < -0.3 is 10.3 Å². The molecule has 84 valence electrons. The van der Waals surface area contributed by atoms with E-state index in [0.717, 1.165) is 10.9 Å². The maximum atomic E-state index is 11.7. The van der Waals surface area contributed by atoms with E-state index >= 15 is 0 Å². The lowest BCUT2D eigenvalue weighted by Crippen LogP contribution is -2.26. The first-order valence-corrected chi connectivity index (χ1v) is 5.43. The molecule has 0 aliphatic rings. The molecule has 0 aliphatic carbocycles. The highest BCUT2D eigenvalue weighted by molar-refractivity contribution is 6.35. The van der Waals surface area contributed by atoms with Crippen molar-refractivity contribution < 1.29 is 4.79 Å². The van der Waals surface area contributed by atoms with E-state index in [1.54, 1.807) is 13.0 Å². The van der Waals surface area contributed by atoms with Crippen molar-refractivity contribution in [2.75, 3.05) is 0 Å². The molecular weight excluding hydrogens is 224 g/mol. The molecule has 1 unspecified atom stereocenters. The SMILES string of the molecule is CC(N)C(=O)c1ccc2c(Cl)cn(C)c2c1. The number of hydrogen-bond acceptors (Lipinski definition) is 2. The molecule has 0 spiro atoms. The quantitative estimate of drug-likeness (QED) is 0.814. The van der Waals surface area contributed by atoms with Crippen molar-refractivity contribution in [3.8, 4) is 0 Å². The predicted octanol–water partition coefficient (Wildman–Crippen LogP) is 2.36. The number of aryl methyl sites for hydroxylation is 1. The fraction of sp³-hybridized carbons (Fsp3) is 0.250. The van der Waals surface area contributed by atoms with Crippen LogP contribution in [0.2, 0.25) is 5.02 Å². The number of carbonyl (C=O) groups excluding carboxylic acids is 1. The molecule has 0 bridgehead atoms. The predicted molar refractivity (Wildman–Crippen MR) is 65.9 cm³/mol. The summed E-state index contributed by atoms with van der Waals surface area (Å²) in [6, 6.07) is 4.97. The Hall–Kier alpha value is -1.32. The number of halogens is 1. The zero-order chi connectivity index (χ0) is 11.9. The average Bonchev–Trinajstić information content (AvgIpc) is 2.53. The van der Waals surface area contributed by atoms with Gasteiger partial charge in [-0.1, -0.05) is 23.7 Å². The summed E-state index contributed by atoms with van der Waals surface area (Å²) in [7, 11) is 1.90. The Morgan fingerprint density at radius 2 is 2.19 bits per heavy atom. The van der Waals surface area contributed by atoms with Crippen LogP contribution in [0.1, 0.15) is 17.3 Å². The molecule has 0 saturated carbocycles. The van der Waals surface area contributed by atoms with Crippen LogP contribution < -0.4 is 5.73 Å². The van der Waals surface area contributed by atoms with Gasteiger partial charge in [-0.25, -0.2) is 0 Å². The minimum atomic E-state index is -0.479. The zero-order valence-corrected chi connectivity index (χ0v) is 9.95. The molecule has 3 nitrogen and oxygen atoms in total. The van der Waals surface area contributed by atoms with Crippen molar-refractivity contribution in [2.24, 2.45) is 12.8 Å². The summed E-state index contributed by atoms with van der Waals surface area (Å²) >= 11 is 6.04. The van der Waals surface area contributed by atoms with E-state index in [-0.39, 0.29) is 5.78 Å². The smallest absolute Gasteiger partial charge is 0.179 e. The third-order valence-electron chi connectivity index (χ3n) is 2.64. The molecule has 1 aromatic heterocycles. The van der Waals surface area contributed by atoms with Crippen LogP contribution in [0, 0.1) is 0 Å². The van der Waals surface area contributed by atoms with Crippen LogP contribution in [0.15, 0.2) is 24.4 Å². The van der Waals surface area contributed by atoms with E-state index in [4.69, 9.17) is 17.3 Å². The molecule has 2 N–H and O–H groups in total. The molecule has 0 fully saturated rings. The fourth-order valence-electron chi connectivity index (χ4n) is 1.75. The van der Waals surface area contributed by atoms with Crippen molar-refractivity contribution in [2.45, 2.75) is 13.0 Å². The number of hydrogen-bond donors (Lipinski definition) is 1. The third-order valence-corrected chi connectivity index (χ3v) is 2.94. The van der Waals surface area contributed by atoms with Gasteiger partial charge in [0.1, 0.15) is 0 Å². The fourth-order valence-corrected chi connectivity index (χ4v) is 2.06. The molecule has 0 amide bonds. The van der Waals surface area contributed by atoms with Crippen LogP contribution in [-0.2, 0) is 7.05 Å². The first kappa shape index (κ1) is 11.2. The van der Waals surface area contributed by atoms with Gasteiger partial charge in [0, 0.05) is 24.2 Å². The van der Waals surface area contributed by atoms with E-state index in [2.05, 4.69) is 0 Å². The highest BCUT2D eigenvalue weighted by Gasteiger charge is 2.13. The first-order chi connectivity index (χ1) is 7.50. The molecule has 0 radical (unpaired) electrons. The van der Waals surface area contributed by atoms with Crippen molar-refractivity contribution in [3.63, 3.8) is 0 Å². The summed E-state index contributed by atoms with van der Waals surface area (Å²) in [5, 5.41) is 1.64. The largest absolute Gasteiger partial charge is 0.349 e. The summed E-state index contributed by atoms with van der Waals surface area (Å²) in [4.78, 5) is 11.7. The highest BCUT2D eigenvalue weighted by atomic mass is 35.5. The number of Topliss-reactive ketones (excluding diaryl/α,β-unsaturated/α-hetero) is 1. The highest BCUT2D eigenvalue weighted by Crippen LogP contribution is 2.26. The van der Waals surface area contributed by atoms with Crippen molar-refractivity contribution in [1.82, 2.24) is 4.57 Å². The lowest BCUT2D eigenvalue weighted by atomic mass is 10.0. The maximum absolute atomic E-state index is 11.7. The van der Waals surface area contributed by atoms with E-state index in [0.29, 0.717) is 10.6 Å². The third kappa shape index (κ3) is 1.72. The maximum Gasteiger partial charge on any atom is 0.179 e. The number of rotatable bonds is 2. The van der Waals surface area contributed by atoms with Gasteiger partial charge in [-0.15, -0.1) is 0 Å². The number of fused-ring (bicyclic) bond motifs is 1. The molecule has 1 aromatic carbocycles. The first-order valence-electron chi connectivity index (χ1n) is 5.05. The number of nitrogens with two attached hydrogens (primary N) is 1. The van der Waals surface area contributed by atoms with Gasteiger partial charge in [-0.2, -0.15) is 0 Å². The molecule has 1 heterocycles. The van der Waals surface area contributed by atoms with Crippen LogP contribution in [0.3, 0.4) is 0 Å². The number of ketones is 1. The zero-order valence-electron chi connectivity index (χ0n) is 9.20. The number of carbonyl (C=O) groups is 1. The van der Waals surface area contributed by atoms with Crippen LogP contribution in [-0.4, -0.2) is 16.4 Å². The Balaban J connectivity index is 2.60. The lowest BCUT2D eigenvalue weighted by Gasteiger charge is -2.05. The van der Waals surface area contributed by atoms with E-state index < -0.39 is 6.04 Å². The summed E-state index contributed by atoms with van der Waals surface area (Å²) in [6.07, 6.45) is 1.83. The molecule has 1 atom stereocenters. The van der Waals surface area contributed by atoms with Crippen LogP contribution >= 0.6 is 11.6 Å². The van der Waals surface area contributed by atoms with Crippen LogP contribution in [0.4, 0.5) is 0 Å². The molecule has 4 heteroatoms. The molecule has 2 rings (SSSR count). The average molecular weight is 237 g/mol. The number of benzene rings is 1. The van der Waals surface area contributed by atoms with Gasteiger partial charge in [-0.3, -0.25) is 4.79 Å². The second-order valence-electron chi connectivity index (χ2n) is 3.97. The number of nitrogens with zero attached hydrogens (tertiary/aromatic N) is 1. The summed E-state index contributed by atoms with van der Waals surface area (Å²) in [5.74, 6) is -0.0563. The van der Waals surface area contributed by atoms with E-state index in [9.17, 15) is 4.79 Å². The Morgan fingerprint density at radius 1 is 1.50 bits per heavy atom. The lowest BCUT2D eigenvalue weighted by molar-refractivity contribution is 0.0968. The Labute approximate surface area is 98.8 Å². The summed E-state index contributed by atoms with van der Waals surface area (Å²) in [5.41, 5.74) is 7.14. The normalized spacial score (nSPS) is 13.0. The molecule has 16 heavy (non-hydrogen) atoms. The van der Waals surface area contributed by atoms with Crippen molar-refractivity contribution in [1.29, 1.82) is 0 Å². The minimum absolute atomic E-state index is 0.0563. The molecule has 0 aliphatic heterocycles. The van der Waals surface area contributed by atoms with Gasteiger partial charge in [0.15, 0.2) is 5.78 Å². The Morgan fingerprint density at radius 3 is 2.81 bits per heavy atom. The van der Waals surface area contributed by atoms with Crippen molar-refractivity contribution in [3.05, 3.63) is 35.0 Å². The standard InChI is InChI=1S/C12H13ClN2O/c1-7(14)12(16)8-3-4-9-10(13)6-15(2)11(9)5-8/h3-7H,14H2,1-2H3. The van der Waals surface area contributed by atoms with E-state index in [1.807, 2.05) is 29.9 Å². The van der Waals surface area contributed by atoms with Gasteiger partial charge in [-0.05, 0) is 13.0 Å². The van der Waals surface area contributed by atoms with Gasteiger partial charge in [0.05, 0.1) is 16.6 Å². The molecule has 0 saturated heterocycles. The second kappa shape index (κ2) is 3.92. The van der Waals surface area contributed by atoms with Gasteiger partial charge >= 0.3 is 0 Å². The van der Waals surface area contributed by atoms with Gasteiger partial charge in [0.25, 0.3) is 0 Å². The topological polar surface area (TPSA) is 48.0 Å². The Kier molecular flexibility index (Phi) is 2.74. The van der Waals surface area contributed by atoms with Crippen LogP contribution in [0.5, 0.6) is 0 Å².